The number of methoxy groups -OCH3 is 1. The summed E-state index contributed by atoms with van der Waals surface area (Å²) in [5.74, 6) is 1.19. The summed E-state index contributed by atoms with van der Waals surface area (Å²) in [6, 6.07) is 26.8. The van der Waals surface area contributed by atoms with Crippen LogP contribution in [-0.4, -0.2) is 27.8 Å². The number of fused-ring (bicyclic) bond motifs is 1. The van der Waals surface area contributed by atoms with Crippen LogP contribution < -0.4 is 15.4 Å². The van der Waals surface area contributed by atoms with Gasteiger partial charge < -0.3 is 10.1 Å². The molecule has 32 heavy (non-hydrogen) atoms. The molecule has 7 nitrogen and oxygen atoms in total. The first-order valence-electron chi connectivity index (χ1n) is 10.2. The summed E-state index contributed by atoms with van der Waals surface area (Å²) in [5, 5.41) is 10.7. The number of nitrogens with one attached hydrogen (secondary N) is 2. The van der Waals surface area contributed by atoms with Gasteiger partial charge >= 0.3 is 0 Å². The largest absolute Gasteiger partial charge is 0.497 e. The van der Waals surface area contributed by atoms with Crippen LogP contribution in [0.25, 0.3) is 5.70 Å². The van der Waals surface area contributed by atoms with Gasteiger partial charge in [-0.05, 0) is 41.5 Å². The van der Waals surface area contributed by atoms with Gasteiger partial charge in [0, 0.05) is 11.3 Å². The van der Waals surface area contributed by atoms with Gasteiger partial charge in [0.05, 0.1) is 7.11 Å². The zero-order valence-corrected chi connectivity index (χ0v) is 17.4. The highest BCUT2D eigenvalue weighted by molar-refractivity contribution is 6.03. The lowest BCUT2D eigenvalue weighted by molar-refractivity contribution is 0.102. The second kappa shape index (κ2) is 8.39. The summed E-state index contributed by atoms with van der Waals surface area (Å²) in [6.45, 7) is 0. The average molecular weight is 423 g/mol. The van der Waals surface area contributed by atoms with Crippen LogP contribution in [-0.2, 0) is 0 Å². The average Bonchev–Trinajstić information content (AvgIpc) is 3.26. The third kappa shape index (κ3) is 3.83. The van der Waals surface area contributed by atoms with E-state index in [1.807, 2.05) is 48.5 Å². The number of carbonyl (C=O) groups is 1. The summed E-state index contributed by atoms with van der Waals surface area (Å²) in [6.07, 6.45) is 2.11. The van der Waals surface area contributed by atoms with E-state index in [-0.39, 0.29) is 17.9 Å². The fourth-order valence-corrected chi connectivity index (χ4v) is 3.64. The summed E-state index contributed by atoms with van der Waals surface area (Å²) in [7, 11) is 1.59. The molecule has 2 heterocycles. The third-order valence-corrected chi connectivity index (χ3v) is 5.27. The van der Waals surface area contributed by atoms with Crippen molar-refractivity contribution >= 4 is 23.5 Å². The van der Waals surface area contributed by atoms with Crippen LogP contribution in [0.1, 0.15) is 27.5 Å². The molecule has 1 atom stereocenters. The number of benzene rings is 3. The Morgan fingerprint density at radius 1 is 0.969 bits per heavy atom. The molecule has 7 heteroatoms. The maximum absolute atomic E-state index is 12.7. The molecule has 2 N–H and O–H groups in total. The van der Waals surface area contributed by atoms with Crippen molar-refractivity contribution in [2.45, 2.75) is 6.04 Å². The number of allylic oxidation sites excluding steroid dienone is 1. The maximum Gasteiger partial charge on any atom is 0.258 e. The molecule has 0 fully saturated rings. The Morgan fingerprint density at radius 3 is 2.34 bits per heavy atom. The van der Waals surface area contributed by atoms with Crippen LogP contribution in [0.15, 0.2) is 91.0 Å². The lowest BCUT2D eigenvalue weighted by Crippen LogP contribution is -2.20. The molecule has 1 aliphatic heterocycles. The van der Waals surface area contributed by atoms with Crippen molar-refractivity contribution in [1.29, 1.82) is 0 Å². The molecule has 1 amide bonds. The molecule has 5 rings (SSSR count). The van der Waals surface area contributed by atoms with Crippen LogP contribution in [0.4, 0.5) is 11.9 Å². The van der Waals surface area contributed by atoms with Gasteiger partial charge in [-0.25, -0.2) is 4.68 Å². The van der Waals surface area contributed by atoms with Gasteiger partial charge in [0.2, 0.25) is 5.95 Å². The number of hydrogen-bond acceptors (Lipinski definition) is 5. The van der Waals surface area contributed by atoms with Crippen molar-refractivity contribution in [1.82, 2.24) is 14.8 Å². The van der Waals surface area contributed by atoms with E-state index >= 15 is 0 Å². The predicted octanol–water partition coefficient (Wildman–Crippen LogP) is 4.60. The van der Waals surface area contributed by atoms with E-state index < -0.39 is 0 Å². The topological polar surface area (TPSA) is 81.1 Å². The molecule has 1 unspecified atom stereocenters. The quantitative estimate of drug-likeness (QED) is 0.491. The Balaban J connectivity index is 1.47. The van der Waals surface area contributed by atoms with Crippen LogP contribution in [0.2, 0.25) is 0 Å². The lowest BCUT2D eigenvalue weighted by atomic mass is 10.0. The van der Waals surface area contributed by atoms with Gasteiger partial charge in [0.1, 0.15) is 11.8 Å². The van der Waals surface area contributed by atoms with E-state index in [2.05, 4.69) is 38.9 Å². The standard InChI is InChI=1S/C25H21N5O2/c1-32-20-14-12-19(13-15-20)23(31)27-24-28-25-26-21(17-8-4-2-5-9-17)16-22(30(25)29-24)18-10-6-3-7-11-18/h2-16,22H,1H3,(H2,26,27,28,29,31). The molecule has 0 saturated heterocycles. The Labute approximate surface area is 185 Å². The SMILES string of the molecule is COc1ccc(C(=O)Nc2nc3n(n2)C(c2ccccc2)C=C(c2ccccc2)N3)cc1. The minimum Gasteiger partial charge on any atom is -0.497 e. The Morgan fingerprint density at radius 2 is 1.66 bits per heavy atom. The van der Waals surface area contributed by atoms with Crippen molar-refractivity contribution in [3.05, 3.63) is 108 Å². The number of aromatic nitrogens is 3. The summed E-state index contributed by atoms with van der Waals surface area (Å²) in [4.78, 5) is 17.2. The monoisotopic (exact) mass is 423 g/mol. The molecule has 4 aromatic rings. The van der Waals surface area contributed by atoms with Crippen LogP contribution in [0.3, 0.4) is 0 Å². The van der Waals surface area contributed by atoms with Crippen molar-refractivity contribution in [3.63, 3.8) is 0 Å². The van der Waals surface area contributed by atoms with Gasteiger partial charge in [0.25, 0.3) is 11.9 Å². The molecule has 0 spiro atoms. The number of anilines is 2. The molecule has 1 aliphatic rings. The van der Waals surface area contributed by atoms with Crippen molar-refractivity contribution in [2.75, 3.05) is 17.7 Å². The molecule has 0 aliphatic carbocycles. The second-order valence-electron chi connectivity index (χ2n) is 7.31. The van der Waals surface area contributed by atoms with Gasteiger partial charge in [-0.1, -0.05) is 60.7 Å². The first-order valence-corrected chi connectivity index (χ1v) is 10.2. The Bertz CT molecular complexity index is 1260. The van der Waals surface area contributed by atoms with E-state index in [0.29, 0.717) is 17.3 Å². The fourth-order valence-electron chi connectivity index (χ4n) is 3.64. The molecule has 0 bridgehead atoms. The van der Waals surface area contributed by atoms with Gasteiger partial charge in [-0.3, -0.25) is 10.1 Å². The molecule has 1 aromatic heterocycles. The molecule has 0 saturated carbocycles. The Hall–Kier alpha value is -4.39. The van der Waals surface area contributed by atoms with Crippen LogP contribution >= 0.6 is 0 Å². The van der Waals surface area contributed by atoms with Gasteiger partial charge in [0.15, 0.2) is 0 Å². The smallest absolute Gasteiger partial charge is 0.258 e. The van der Waals surface area contributed by atoms with Crippen molar-refractivity contribution < 1.29 is 9.53 Å². The predicted molar refractivity (Wildman–Crippen MR) is 124 cm³/mol. The van der Waals surface area contributed by atoms with E-state index in [4.69, 9.17) is 4.74 Å². The van der Waals surface area contributed by atoms with Crippen LogP contribution in [0, 0.1) is 0 Å². The third-order valence-electron chi connectivity index (χ3n) is 5.27. The van der Waals surface area contributed by atoms with Crippen molar-refractivity contribution in [3.8, 4) is 5.75 Å². The zero-order chi connectivity index (χ0) is 21.9. The number of hydrogen-bond donors (Lipinski definition) is 2. The van der Waals surface area contributed by atoms with E-state index in [0.717, 1.165) is 16.8 Å². The minimum absolute atomic E-state index is 0.165. The zero-order valence-electron chi connectivity index (χ0n) is 17.4. The number of ether oxygens (including phenoxy) is 1. The molecule has 0 radical (unpaired) electrons. The second-order valence-corrected chi connectivity index (χ2v) is 7.31. The Kier molecular flexibility index (Phi) is 5.13. The highest BCUT2D eigenvalue weighted by Gasteiger charge is 2.25. The maximum atomic E-state index is 12.7. The highest BCUT2D eigenvalue weighted by atomic mass is 16.5. The molecular formula is C25H21N5O2. The number of rotatable bonds is 5. The van der Waals surface area contributed by atoms with E-state index in [1.54, 1.807) is 36.1 Å². The summed E-state index contributed by atoms with van der Waals surface area (Å²) < 4.78 is 6.93. The number of amides is 1. The van der Waals surface area contributed by atoms with E-state index in [9.17, 15) is 4.79 Å². The highest BCUT2D eigenvalue weighted by Crippen LogP contribution is 2.33. The minimum atomic E-state index is -0.289. The molecule has 158 valence electrons. The van der Waals surface area contributed by atoms with Gasteiger partial charge in [-0.2, -0.15) is 4.98 Å². The molecular weight excluding hydrogens is 402 g/mol. The first-order chi connectivity index (χ1) is 15.7. The van der Waals surface area contributed by atoms with E-state index in [1.165, 1.54) is 0 Å². The summed E-state index contributed by atoms with van der Waals surface area (Å²) in [5.41, 5.74) is 3.55. The normalized spacial score (nSPS) is 14.7. The van der Waals surface area contributed by atoms with Crippen LogP contribution in [0.5, 0.6) is 5.75 Å². The lowest BCUT2D eigenvalue weighted by Gasteiger charge is -2.24. The first kappa shape index (κ1) is 19.6. The molecule has 3 aromatic carbocycles. The summed E-state index contributed by atoms with van der Waals surface area (Å²) >= 11 is 0. The fraction of sp³-hybridized carbons (Fsp3) is 0.0800. The number of nitrogens with zero attached hydrogens (tertiary/aromatic N) is 3. The number of carbonyl (C=O) groups excluding carboxylic acids is 1. The van der Waals surface area contributed by atoms with Gasteiger partial charge in [-0.15, -0.1) is 5.10 Å². The van der Waals surface area contributed by atoms with Crippen molar-refractivity contribution in [2.24, 2.45) is 0 Å².